The van der Waals surface area contributed by atoms with E-state index in [1.54, 1.807) is 0 Å². The molecule has 0 amide bonds. The smallest absolute Gasteiger partial charge is 0.128 e. The maximum atomic E-state index is 10.5. The van der Waals surface area contributed by atoms with Gasteiger partial charge in [-0.1, -0.05) is 32.4 Å². The summed E-state index contributed by atoms with van der Waals surface area (Å²) in [5.41, 5.74) is 8.72. The van der Waals surface area contributed by atoms with E-state index in [-0.39, 0.29) is 12.0 Å². The maximum Gasteiger partial charge on any atom is 0.128 e. The van der Waals surface area contributed by atoms with Gasteiger partial charge in [0.25, 0.3) is 0 Å². The standard InChI is InChI=1S/C17H29NO3/c1-6-21-16-12(15(20)14(18)7-8-19)9-11(2)10-13(16)17(3,4)5/h9-10,14-15,19-20H,6-8,18H2,1-5H3. The van der Waals surface area contributed by atoms with E-state index in [0.29, 0.717) is 18.6 Å². The molecule has 0 spiro atoms. The fourth-order valence-corrected chi connectivity index (χ4v) is 2.42. The molecule has 4 heteroatoms. The maximum absolute atomic E-state index is 10.5. The molecule has 2 atom stereocenters. The van der Waals surface area contributed by atoms with Crippen LogP contribution in [-0.2, 0) is 5.41 Å². The highest BCUT2D eigenvalue weighted by Crippen LogP contribution is 2.38. The third-order valence-electron chi connectivity index (χ3n) is 3.55. The molecule has 4 nitrogen and oxygen atoms in total. The van der Waals surface area contributed by atoms with Crippen molar-refractivity contribution < 1.29 is 14.9 Å². The van der Waals surface area contributed by atoms with Gasteiger partial charge in [-0.05, 0) is 31.7 Å². The van der Waals surface area contributed by atoms with Crippen molar-refractivity contribution in [3.05, 3.63) is 28.8 Å². The van der Waals surface area contributed by atoms with Crippen LogP contribution in [-0.4, -0.2) is 29.5 Å². The van der Waals surface area contributed by atoms with E-state index in [1.807, 2.05) is 19.9 Å². The summed E-state index contributed by atoms with van der Waals surface area (Å²) in [6.45, 7) is 10.8. The molecule has 0 saturated heterocycles. The van der Waals surface area contributed by atoms with E-state index in [4.69, 9.17) is 15.6 Å². The fourth-order valence-electron chi connectivity index (χ4n) is 2.42. The number of ether oxygens (including phenoxy) is 1. The Morgan fingerprint density at radius 3 is 2.38 bits per heavy atom. The molecule has 0 radical (unpaired) electrons. The minimum Gasteiger partial charge on any atom is -0.493 e. The van der Waals surface area contributed by atoms with Gasteiger partial charge in [0, 0.05) is 23.8 Å². The molecule has 4 N–H and O–H groups in total. The van der Waals surface area contributed by atoms with Gasteiger partial charge in [-0.2, -0.15) is 0 Å². The molecule has 21 heavy (non-hydrogen) atoms. The predicted octanol–water partition coefficient (Wildman–Crippen LogP) is 2.43. The van der Waals surface area contributed by atoms with Gasteiger partial charge in [-0.3, -0.25) is 0 Å². The lowest BCUT2D eigenvalue weighted by molar-refractivity contribution is 0.125. The summed E-state index contributed by atoms with van der Waals surface area (Å²) in [4.78, 5) is 0. The molecule has 0 aliphatic rings. The van der Waals surface area contributed by atoms with E-state index in [9.17, 15) is 5.11 Å². The molecule has 1 aromatic rings. The van der Waals surface area contributed by atoms with Crippen LogP contribution in [0.5, 0.6) is 5.75 Å². The number of aliphatic hydroxyl groups excluding tert-OH is 2. The molecule has 0 aliphatic heterocycles. The largest absolute Gasteiger partial charge is 0.493 e. The van der Waals surface area contributed by atoms with Gasteiger partial charge in [-0.15, -0.1) is 0 Å². The van der Waals surface area contributed by atoms with Crippen LogP contribution in [0.3, 0.4) is 0 Å². The zero-order valence-corrected chi connectivity index (χ0v) is 13.8. The second-order valence-electron chi connectivity index (χ2n) is 6.53. The number of rotatable bonds is 6. The van der Waals surface area contributed by atoms with E-state index >= 15 is 0 Å². The first-order chi connectivity index (χ1) is 9.72. The Balaban J connectivity index is 3.39. The van der Waals surface area contributed by atoms with Crippen LogP contribution in [0.2, 0.25) is 0 Å². The molecule has 0 aromatic heterocycles. The number of aliphatic hydroxyl groups is 2. The Hall–Kier alpha value is -1.10. The van der Waals surface area contributed by atoms with Gasteiger partial charge < -0.3 is 20.7 Å². The van der Waals surface area contributed by atoms with E-state index in [1.165, 1.54) is 0 Å². The van der Waals surface area contributed by atoms with Gasteiger partial charge >= 0.3 is 0 Å². The van der Waals surface area contributed by atoms with Gasteiger partial charge in [0.05, 0.1) is 12.7 Å². The molecule has 0 aliphatic carbocycles. The highest BCUT2D eigenvalue weighted by molar-refractivity contribution is 5.49. The van der Waals surface area contributed by atoms with E-state index in [2.05, 4.69) is 26.8 Å². The predicted molar refractivity (Wildman–Crippen MR) is 85.7 cm³/mol. The van der Waals surface area contributed by atoms with Gasteiger partial charge in [0.2, 0.25) is 0 Å². The van der Waals surface area contributed by atoms with Crippen LogP contribution in [0.4, 0.5) is 0 Å². The first-order valence-electron chi connectivity index (χ1n) is 7.54. The quantitative estimate of drug-likeness (QED) is 0.753. The van der Waals surface area contributed by atoms with Crippen molar-refractivity contribution in [3.63, 3.8) is 0 Å². The van der Waals surface area contributed by atoms with Crippen LogP contribution in [0.15, 0.2) is 12.1 Å². The van der Waals surface area contributed by atoms with E-state index < -0.39 is 12.1 Å². The van der Waals surface area contributed by atoms with Crippen LogP contribution >= 0.6 is 0 Å². The minimum atomic E-state index is -0.848. The normalized spacial score (nSPS) is 14.9. The van der Waals surface area contributed by atoms with Gasteiger partial charge in [-0.25, -0.2) is 0 Å². The summed E-state index contributed by atoms with van der Waals surface area (Å²) < 4.78 is 5.82. The third kappa shape index (κ3) is 4.43. The van der Waals surface area contributed by atoms with Crippen LogP contribution < -0.4 is 10.5 Å². The average Bonchev–Trinajstić information content (AvgIpc) is 2.38. The molecule has 0 fully saturated rings. The number of hydrogen-bond donors (Lipinski definition) is 3. The monoisotopic (exact) mass is 295 g/mol. The molecule has 1 aromatic carbocycles. The first kappa shape index (κ1) is 18.0. The number of hydrogen-bond acceptors (Lipinski definition) is 4. The van der Waals surface area contributed by atoms with Crippen LogP contribution in [0, 0.1) is 6.92 Å². The molecule has 2 unspecified atom stereocenters. The van der Waals surface area contributed by atoms with Crippen molar-refractivity contribution >= 4 is 0 Å². The Kier molecular flexibility index (Phi) is 6.20. The number of nitrogens with two attached hydrogens (primary N) is 1. The van der Waals surface area contributed by atoms with Crippen molar-refractivity contribution in [2.24, 2.45) is 5.73 Å². The molecule has 1 rings (SSSR count). The number of benzene rings is 1. The van der Waals surface area contributed by atoms with Gasteiger partial charge in [0.1, 0.15) is 5.75 Å². The van der Waals surface area contributed by atoms with E-state index in [0.717, 1.165) is 16.9 Å². The molecular weight excluding hydrogens is 266 g/mol. The molecule has 0 bridgehead atoms. The van der Waals surface area contributed by atoms with Crippen LogP contribution in [0.1, 0.15) is 56.9 Å². The Morgan fingerprint density at radius 1 is 1.29 bits per heavy atom. The summed E-state index contributed by atoms with van der Waals surface area (Å²) in [5, 5.41) is 19.5. The molecule has 0 heterocycles. The summed E-state index contributed by atoms with van der Waals surface area (Å²) >= 11 is 0. The lowest BCUT2D eigenvalue weighted by Crippen LogP contribution is -2.30. The Labute approximate surface area is 127 Å². The average molecular weight is 295 g/mol. The topological polar surface area (TPSA) is 75.7 Å². The zero-order chi connectivity index (χ0) is 16.2. The summed E-state index contributed by atoms with van der Waals surface area (Å²) in [5.74, 6) is 0.719. The Bertz CT molecular complexity index is 466. The Morgan fingerprint density at radius 2 is 1.90 bits per heavy atom. The SMILES string of the molecule is CCOc1c(C(O)C(N)CCO)cc(C)cc1C(C)(C)C. The van der Waals surface area contributed by atoms with Crippen molar-refractivity contribution in [1.29, 1.82) is 0 Å². The molecule has 0 saturated carbocycles. The first-order valence-corrected chi connectivity index (χ1v) is 7.54. The summed E-state index contributed by atoms with van der Waals surface area (Å²) in [6.07, 6.45) is -0.495. The van der Waals surface area contributed by atoms with Crippen molar-refractivity contribution in [2.75, 3.05) is 13.2 Å². The van der Waals surface area contributed by atoms with Gasteiger partial charge in [0.15, 0.2) is 0 Å². The highest BCUT2D eigenvalue weighted by atomic mass is 16.5. The summed E-state index contributed by atoms with van der Waals surface area (Å²) in [6, 6.07) is 3.50. The lowest BCUT2D eigenvalue weighted by Gasteiger charge is -2.28. The highest BCUT2D eigenvalue weighted by Gasteiger charge is 2.27. The fraction of sp³-hybridized carbons (Fsp3) is 0.647. The summed E-state index contributed by atoms with van der Waals surface area (Å²) in [7, 11) is 0. The van der Waals surface area contributed by atoms with Crippen molar-refractivity contribution in [1.82, 2.24) is 0 Å². The van der Waals surface area contributed by atoms with Crippen molar-refractivity contribution in [2.45, 2.75) is 58.6 Å². The molecular formula is C17H29NO3. The third-order valence-corrected chi connectivity index (χ3v) is 3.55. The van der Waals surface area contributed by atoms with Crippen molar-refractivity contribution in [3.8, 4) is 5.75 Å². The lowest BCUT2D eigenvalue weighted by atomic mass is 9.82. The minimum absolute atomic E-state index is 0.0415. The second-order valence-corrected chi connectivity index (χ2v) is 6.53. The number of aryl methyl sites for hydroxylation is 1. The van der Waals surface area contributed by atoms with Crippen LogP contribution in [0.25, 0.3) is 0 Å². The second kappa shape index (κ2) is 7.25. The zero-order valence-electron chi connectivity index (χ0n) is 13.8. The molecule has 120 valence electrons.